The summed E-state index contributed by atoms with van der Waals surface area (Å²) in [5, 5.41) is 16.3. The number of rotatable bonds is 11. The van der Waals surface area contributed by atoms with Gasteiger partial charge in [-0.25, -0.2) is 9.97 Å². The van der Waals surface area contributed by atoms with E-state index in [0.717, 1.165) is 24.3 Å². The molecule has 1 unspecified atom stereocenters. The van der Waals surface area contributed by atoms with Crippen molar-refractivity contribution in [3.8, 4) is 0 Å². The first-order valence-corrected chi connectivity index (χ1v) is 9.62. The Bertz CT molecular complexity index is 606. The molecule has 0 aliphatic carbocycles. The fraction of sp³-hybridized carbons (Fsp3) is 0.579. The van der Waals surface area contributed by atoms with Crippen LogP contribution in [0, 0.1) is 5.21 Å². The number of anilines is 1. The normalized spacial score (nSPS) is 16.2. The minimum absolute atomic E-state index is 0.117. The van der Waals surface area contributed by atoms with Crippen molar-refractivity contribution >= 4 is 23.3 Å². The zero-order valence-corrected chi connectivity index (χ0v) is 15.6. The number of carbonyl (C=O) groups excluding carboxylic acids is 1. The van der Waals surface area contributed by atoms with Crippen molar-refractivity contribution in [3.05, 3.63) is 29.5 Å². The summed E-state index contributed by atoms with van der Waals surface area (Å²) in [5.74, 6) is -0.482. The molecule has 1 aliphatic heterocycles. The lowest BCUT2D eigenvalue weighted by atomic mass is 10.1. The Balaban J connectivity index is 1.69. The van der Waals surface area contributed by atoms with Gasteiger partial charge in [0.1, 0.15) is 5.69 Å². The second-order valence-electron chi connectivity index (χ2n) is 6.63. The van der Waals surface area contributed by atoms with E-state index >= 15 is 0 Å². The molecule has 0 saturated carbocycles. The Morgan fingerprint density at radius 1 is 1.12 bits per heavy atom. The number of nitrogens with one attached hydrogen (secondary N) is 1. The van der Waals surface area contributed by atoms with Crippen LogP contribution in [0.3, 0.4) is 0 Å². The van der Waals surface area contributed by atoms with Gasteiger partial charge in [-0.15, -0.1) is 5.06 Å². The lowest BCUT2D eigenvalue weighted by Gasteiger charge is -2.29. The van der Waals surface area contributed by atoms with Crippen LogP contribution in [0.25, 0.3) is 0 Å². The molecule has 1 aliphatic rings. The summed E-state index contributed by atoms with van der Waals surface area (Å²) in [6.45, 7) is 2.22. The fourth-order valence-electron chi connectivity index (χ4n) is 2.99. The Kier molecular flexibility index (Phi) is 8.37. The maximum atomic E-state index is 12.1. The molecule has 7 nitrogen and oxygen atoms in total. The van der Waals surface area contributed by atoms with Crippen molar-refractivity contribution in [2.45, 2.75) is 71.1 Å². The van der Waals surface area contributed by atoms with E-state index in [2.05, 4.69) is 12.0 Å². The molecule has 2 rings (SSSR count). The number of hydrogen-bond donors (Lipinski definition) is 2. The molecule has 144 valence electrons. The molecule has 1 aromatic carbocycles. The maximum Gasteiger partial charge on any atom is 0.333 e. The largest absolute Gasteiger partial charge is 0.601 e. The van der Waals surface area contributed by atoms with Crippen LogP contribution in [-0.2, 0) is 9.63 Å². The molecule has 1 heterocycles. The van der Waals surface area contributed by atoms with E-state index in [1.807, 2.05) is 0 Å². The number of fused-ring (bicyclic) bond motifs is 1. The van der Waals surface area contributed by atoms with Gasteiger partial charge < -0.3 is 15.8 Å². The molecule has 0 amide bonds. The van der Waals surface area contributed by atoms with Crippen LogP contribution < -0.4 is 16.0 Å². The summed E-state index contributed by atoms with van der Waals surface area (Å²) in [6.07, 6.45) is 11.0. The quantitative estimate of drug-likeness (QED) is 0.466. The van der Waals surface area contributed by atoms with Crippen molar-refractivity contribution < 1.29 is 14.8 Å². The first-order valence-electron chi connectivity index (χ1n) is 9.62. The van der Waals surface area contributed by atoms with Crippen LogP contribution in [0.4, 0.5) is 11.4 Å². The van der Waals surface area contributed by atoms with Gasteiger partial charge in [0.05, 0.1) is 0 Å². The number of unbranched alkanes of at least 4 members (excludes halogenated alkanes) is 8. The van der Waals surface area contributed by atoms with E-state index in [1.54, 1.807) is 24.3 Å². The Morgan fingerprint density at radius 2 is 1.73 bits per heavy atom. The van der Waals surface area contributed by atoms with Gasteiger partial charge in [-0.2, -0.15) is 0 Å². The number of hydroxylamine groups is 1. The van der Waals surface area contributed by atoms with Gasteiger partial charge in [-0.3, -0.25) is 0 Å². The summed E-state index contributed by atoms with van der Waals surface area (Å²) in [5.41, 5.74) is 6.58. The van der Waals surface area contributed by atoms with E-state index in [-0.39, 0.29) is 11.9 Å². The van der Waals surface area contributed by atoms with Crippen LogP contribution in [0.5, 0.6) is 0 Å². The topological polar surface area (TPSA) is 95.4 Å². The van der Waals surface area contributed by atoms with Crippen molar-refractivity contribution in [1.29, 1.82) is 0 Å². The SMILES string of the molecule is CCCCCCCCCCCC(=O)ON1C(N)=N[NH+]([O-])c2ccccc21. The monoisotopic (exact) mass is 362 g/mol. The number of hydrogen-bond acceptors (Lipinski definition) is 6. The number of nitrogens with two attached hydrogens (primary N) is 1. The molecular weight excluding hydrogens is 332 g/mol. The first kappa shape index (κ1) is 20.2. The second-order valence-corrected chi connectivity index (χ2v) is 6.63. The molecule has 1 atom stereocenters. The predicted octanol–water partition coefficient (Wildman–Crippen LogP) is 3.13. The van der Waals surface area contributed by atoms with E-state index in [4.69, 9.17) is 10.6 Å². The van der Waals surface area contributed by atoms with Gasteiger partial charge in [-0.1, -0.05) is 70.4 Å². The maximum absolute atomic E-state index is 12.1. The van der Waals surface area contributed by atoms with Crippen LogP contribution in [0.2, 0.25) is 0 Å². The van der Waals surface area contributed by atoms with Crippen LogP contribution >= 0.6 is 0 Å². The third-order valence-electron chi connectivity index (χ3n) is 4.45. The van der Waals surface area contributed by atoms with E-state index in [0.29, 0.717) is 17.8 Å². The standard InChI is InChI=1S/C19H30N4O3/c1-2-3-4-5-6-7-8-9-10-15-18(24)26-22-16-13-11-12-14-17(16)23(25)21-19(22)20/h11-14,23H,2-10,15H2,1H3,(H2,20,21). The van der Waals surface area contributed by atoms with E-state index < -0.39 is 5.17 Å². The number of carbonyl (C=O) groups is 1. The van der Waals surface area contributed by atoms with Crippen molar-refractivity contribution in [2.24, 2.45) is 10.8 Å². The van der Waals surface area contributed by atoms with Crippen LogP contribution in [0.1, 0.15) is 71.1 Å². The van der Waals surface area contributed by atoms with E-state index in [1.165, 1.54) is 38.5 Å². The minimum Gasteiger partial charge on any atom is -0.601 e. The highest BCUT2D eigenvalue weighted by Gasteiger charge is 2.28. The van der Waals surface area contributed by atoms with E-state index in [9.17, 15) is 10.0 Å². The summed E-state index contributed by atoms with van der Waals surface area (Å²) in [7, 11) is 0. The highest BCUT2D eigenvalue weighted by atomic mass is 16.7. The molecule has 7 heteroatoms. The summed E-state index contributed by atoms with van der Waals surface area (Å²) in [4.78, 5) is 17.4. The molecule has 0 spiro atoms. The third-order valence-corrected chi connectivity index (χ3v) is 4.45. The fourth-order valence-corrected chi connectivity index (χ4v) is 2.99. The van der Waals surface area contributed by atoms with Crippen molar-refractivity contribution in [2.75, 3.05) is 5.06 Å². The number of nitrogens with zero attached hydrogens (tertiary/aromatic N) is 2. The van der Waals surface area contributed by atoms with Gasteiger partial charge in [0, 0.05) is 12.5 Å². The average Bonchev–Trinajstić information content (AvgIpc) is 2.64. The Hall–Kier alpha value is -2.12. The Labute approximate surface area is 155 Å². The smallest absolute Gasteiger partial charge is 0.333 e. The highest BCUT2D eigenvalue weighted by Crippen LogP contribution is 2.25. The van der Waals surface area contributed by atoms with Crippen LogP contribution in [-0.4, -0.2) is 11.9 Å². The third kappa shape index (κ3) is 6.00. The summed E-state index contributed by atoms with van der Waals surface area (Å²) in [6, 6.07) is 6.80. The molecule has 0 bridgehead atoms. The van der Waals surface area contributed by atoms with Gasteiger partial charge >= 0.3 is 5.97 Å². The van der Waals surface area contributed by atoms with Gasteiger partial charge in [0.15, 0.2) is 5.69 Å². The number of guanidine groups is 1. The van der Waals surface area contributed by atoms with Crippen molar-refractivity contribution in [3.63, 3.8) is 0 Å². The van der Waals surface area contributed by atoms with Gasteiger partial charge in [-0.05, 0) is 17.6 Å². The highest BCUT2D eigenvalue weighted by molar-refractivity contribution is 5.97. The number of quaternary nitrogens is 1. The molecular formula is C19H30N4O3. The summed E-state index contributed by atoms with van der Waals surface area (Å²) >= 11 is 0. The Morgan fingerprint density at radius 3 is 2.42 bits per heavy atom. The zero-order valence-electron chi connectivity index (χ0n) is 15.6. The molecule has 1 aromatic rings. The second kappa shape index (κ2) is 10.8. The molecule has 0 saturated heterocycles. The lowest BCUT2D eigenvalue weighted by molar-refractivity contribution is -0.784. The molecule has 26 heavy (non-hydrogen) atoms. The molecule has 3 N–H and O–H groups in total. The first-order chi connectivity index (χ1) is 12.6. The minimum atomic E-state index is -0.427. The molecule has 0 aromatic heterocycles. The average molecular weight is 362 g/mol. The lowest BCUT2D eigenvalue weighted by Crippen LogP contribution is -2.98. The predicted molar refractivity (Wildman–Crippen MR) is 102 cm³/mol. The van der Waals surface area contributed by atoms with Crippen molar-refractivity contribution in [1.82, 2.24) is 0 Å². The summed E-state index contributed by atoms with van der Waals surface area (Å²) < 4.78 is 0. The van der Waals surface area contributed by atoms with Crippen LogP contribution in [0.15, 0.2) is 29.4 Å². The number of para-hydroxylation sites is 1. The number of benzene rings is 1. The molecule has 0 radical (unpaired) electrons. The van der Waals surface area contributed by atoms with Gasteiger partial charge in [0.2, 0.25) is 0 Å². The molecule has 0 fully saturated rings. The van der Waals surface area contributed by atoms with Gasteiger partial charge in [0.25, 0.3) is 5.96 Å². The zero-order chi connectivity index (χ0) is 18.8.